The maximum atomic E-state index is 8.59. The van der Waals surface area contributed by atoms with Crippen molar-refractivity contribution in [1.29, 1.82) is 5.26 Å². The second-order valence-electron chi connectivity index (χ2n) is 4.26. The third-order valence-electron chi connectivity index (χ3n) is 2.71. The molecule has 0 N–H and O–H groups in total. The minimum absolute atomic E-state index is 0.150. The molecule has 0 amide bonds. The summed E-state index contributed by atoms with van der Waals surface area (Å²) in [6, 6.07) is 7.70. The molecule has 2 rings (SSSR count). The van der Waals surface area contributed by atoms with E-state index < -0.39 is 0 Å². The van der Waals surface area contributed by atoms with E-state index in [4.69, 9.17) is 19.3 Å². The first-order valence-electron chi connectivity index (χ1n) is 6.83. The molecule has 0 saturated heterocycles. The number of hydrogen-bond donors (Lipinski definition) is 0. The molecule has 110 valence electrons. The van der Waals surface area contributed by atoms with Crippen molar-refractivity contribution in [1.82, 2.24) is 10.1 Å². The van der Waals surface area contributed by atoms with E-state index in [1.54, 1.807) is 0 Å². The number of benzene rings is 1. The smallest absolute Gasteiger partial charge is 0.231 e. The molecular weight excluding hydrogens is 270 g/mol. The average Bonchev–Trinajstić information content (AvgIpc) is 2.90. The molecule has 0 aliphatic heterocycles. The van der Waals surface area contributed by atoms with Crippen LogP contribution in [0.25, 0.3) is 0 Å². The van der Waals surface area contributed by atoms with Crippen LogP contribution in [0.1, 0.15) is 31.1 Å². The van der Waals surface area contributed by atoms with Gasteiger partial charge in [0.1, 0.15) is 0 Å². The highest BCUT2D eigenvalue weighted by Gasteiger charge is 2.10. The van der Waals surface area contributed by atoms with E-state index in [0.717, 1.165) is 11.3 Å². The van der Waals surface area contributed by atoms with E-state index in [0.29, 0.717) is 37.1 Å². The van der Waals surface area contributed by atoms with Crippen LogP contribution in [0, 0.1) is 11.3 Å². The third kappa shape index (κ3) is 3.96. The largest absolute Gasteiger partial charge is 0.490 e. The minimum Gasteiger partial charge on any atom is -0.490 e. The quantitative estimate of drug-likeness (QED) is 0.778. The first-order valence-corrected chi connectivity index (χ1v) is 6.83. The summed E-state index contributed by atoms with van der Waals surface area (Å²) in [5.41, 5.74) is 0.981. The second-order valence-corrected chi connectivity index (χ2v) is 4.26. The normalized spacial score (nSPS) is 10.1. The Bertz CT molecular complexity index is 631. The third-order valence-corrected chi connectivity index (χ3v) is 2.71. The summed E-state index contributed by atoms with van der Waals surface area (Å²) in [4.78, 5) is 4.16. The number of nitrogens with zero attached hydrogens (tertiary/aromatic N) is 3. The lowest BCUT2D eigenvalue weighted by atomic mass is 10.1. The molecule has 21 heavy (non-hydrogen) atoms. The van der Waals surface area contributed by atoms with Gasteiger partial charge >= 0.3 is 0 Å². The van der Waals surface area contributed by atoms with Gasteiger partial charge in [-0.3, -0.25) is 0 Å². The molecule has 1 aromatic carbocycles. The van der Waals surface area contributed by atoms with E-state index >= 15 is 0 Å². The molecule has 0 spiro atoms. The van der Waals surface area contributed by atoms with E-state index in [1.165, 1.54) is 0 Å². The number of nitriles is 1. The van der Waals surface area contributed by atoms with Gasteiger partial charge in [-0.15, -0.1) is 0 Å². The van der Waals surface area contributed by atoms with E-state index in [1.807, 2.05) is 38.1 Å². The highest BCUT2D eigenvalue weighted by atomic mass is 16.5. The van der Waals surface area contributed by atoms with Gasteiger partial charge in [-0.2, -0.15) is 10.2 Å². The molecular formula is C15H17N3O3. The molecule has 0 aliphatic rings. The predicted octanol–water partition coefficient (Wildman–Crippen LogP) is 2.52. The predicted molar refractivity (Wildman–Crippen MR) is 75.2 cm³/mol. The van der Waals surface area contributed by atoms with Crippen molar-refractivity contribution in [2.75, 3.05) is 13.2 Å². The van der Waals surface area contributed by atoms with Crippen LogP contribution in [0.4, 0.5) is 0 Å². The van der Waals surface area contributed by atoms with Crippen LogP contribution >= 0.6 is 0 Å². The fourth-order valence-corrected chi connectivity index (χ4v) is 1.88. The fraction of sp³-hybridized carbons (Fsp3) is 0.400. The Balaban J connectivity index is 2.15. The number of hydrogen-bond acceptors (Lipinski definition) is 6. The zero-order valence-electron chi connectivity index (χ0n) is 12.1. The van der Waals surface area contributed by atoms with Gasteiger partial charge in [0.15, 0.2) is 17.3 Å². The Morgan fingerprint density at radius 3 is 2.67 bits per heavy atom. The summed E-state index contributed by atoms with van der Waals surface area (Å²) in [5.74, 6) is 2.31. The number of aromatic nitrogens is 2. The van der Waals surface area contributed by atoms with Crippen LogP contribution in [0.15, 0.2) is 22.7 Å². The molecule has 1 aromatic heterocycles. The molecule has 0 saturated carbocycles. The Labute approximate surface area is 123 Å². The number of rotatable bonds is 7. The van der Waals surface area contributed by atoms with Gasteiger partial charge in [0, 0.05) is 0 Å². The molecule has 6 heteroatoms. The van der Waals surface area contributed by atoms with E-state index in [9.17, 15) is 0 Å². The minimum atomic E-state index is 0.150. The standard InChI is InChI=1S/C15H17N3O3/c1-3-19-12-6-5-11(9-13(12)20-4-2)10-15-17-14(7-8-16)18-21-15/h5-6,9H,3-4,7,10H2,1-2H3. The van der Waals surface area contributed by atoms with Crippen LogP contribution in [0.3, 0.4) is 0 Å². The van der Waals surface area contributed by atoms with Gasteiger partial charge in [0.05, 0.1) is 32.1 Å². The van der Waals surface area contributed by atoms with Crippen LogP contribution in [0.2, 0.25) is 0 Å². The molecule has 0 aliphatic carbocycles. The van der Waals surface area contributed by atoms with Crippen molar-refractivity contribution in [3.05, 3.63) is 35.5 Å². The van der Waals surface area contributed by atoms with Crippen molar-refractivity contribution in [3.8, 4) is 17.6 Å². The summed E-state index contributed by atoms with van der Waals surface area (Å²) in [7, 11) is 0. The topological polar surface area (TPSA) is 81.2 Å². The van der Waals surface area contributed by atoms with Crippen molar-refractivity contribution in [2.45, 2.75) is 26.7 Å². The molecule has 0 radical (unpaired) electrons. The van der Waals surface area contributed by atoms with E-state index in [-0.39, 0.29) is 6.42 Å². The average molecular weight is 287 g/mol. The number of ether oxygens (including phenoxy) is 2. The van der Waals surface area contributed by atoms with Gasteiger partial charge in [-0.1, -0.05) is 11.2 Å². The monoisotopic (exact) mass is 287 g/mol. The first kappa shape index (κ1) is 14.9. The van der Waals surface area contributed by atoms with Crippen LogP contribution in [-0.4, -0.2) is 23.4 Å². The Hall–Kier alpha value is -2.55. The SMILES string of the molecule is CCOc1ccc(Cc2nc(CC#N)no2)cc1OCC. The van der Waals surface area contributed by atoms with Crippen LogP contribution in [-0.2, 0) is 12.8 Å². The van der Waals surface area contributed by atoms with Gasteiger partial charge < -0.3 is 14.0 Å². The summed E-state index contributed by atoms with van der Waals surface area (Å²) >= 11 is 0. The molecule has 0 fully saturated rings. The zero-order chi connectivity index (χ0) is 15.1. The van der Waals surface area contributed by atoms with Gasteiger partial charge in [-0.25, -0.2) is 0 Å². The highest BCUT2D eigenvalue weighted by Crippen LogP contribution is 2.29. The maximum Gasteiger partial charge on any atom is 0.231 e. The fourth-order valence-electron chi connectivity index (χ4n) is 1.88. The maximum absolute atomic E-state index is 8.59. The Morgan fingerprint density at radius 2 is 1.95 bits per heavy atom. The van der Waals surface area contributed by atoms with Crippen molar-refractivity contribution >= 4 is 0 Å². The molecule has 6 nitrogen and oxygen atoms in total. The first-order chi connectivity index (χ1) is 10.3. The zero-order valence-corrected chi connectivity index (χ0v) is 12.1. The second kappa shape index (κ2) is 7.29. The van der Waals surface area contributed by atoms with Crippen LogP contribution in [0.5, 0.6) is 11.5 Å². The summed E-state index contributed by atoms with van der Waals surface area (Å²) < 4.78 is 16.2. The van der Waals surface area contributed by atoms with Crippen molar-refractivity contribution in [3.63, 3.8) is 0 Å². The lowest BCUT2D eigenvalue weighted by Crippen LogP contribution is -1.99. The summed E-state index contributed by atoms with van der Waals surface area (Å²) in [5, 5.41) is 12.3. The van der Waals surface area contributed by atoms with Gasteiger partial charge in [-0.05, 0) is 31.5 Å². The Morgan fingerprint density at radius 1 is 1.19 bits per heavy atom. The van der Waals surface area contributed by atoms with Gasteiger partial charge in [0.25, 0.3) is 0 Å². The van der Waals surface area contributed by atoms with Crippen molar-refractivity contribution in [2.24, 2.45) is 0 Å². The molecule has 1 heterocycles. The Kier molecular flexibility index (Phi) is 5.16. The molecule has 0 unspecified atom stereocenters. The lowest BCUT2D eigenvalue weighted by molar-refractivity contribution is 0.287. The van der Waals surface area contributed by atoms with Crippen LogP contribution < -0.4 is 9.47 Å². The molecule has 0 atom stereocenters. The molecule has 2 aromatic rings. The summed E-state index contributed by atoms with van der Waals surface area (Å²) in [6.45, 7) is 5.00. The highest BCUT2D eigenvalue weighted by molar-refractivity contribution is 5.43. The molecule has 0 bridgehead atoms. The van der Waals surface area contributed by atoms with Gasteiger partial charge in [0.2, 0.25) is 5.89 Å². The summed E-state index contributed by atoms with van der Waals surface area (Å²) in [6.07, 6.45) is 0.641. The van der Waals surface area contributed by atoms with Crippen molar-refractivity contribution < 1.29 is 14.0 Å². The van der Waals surface area contributed by atoms with E-state index in [2.05, 4.69) is 10.1 Å². The lowest BCUT2D eigenvalue weighted by Gasteiger charge is -2.11.